The lowest BCUT2D eigenvalue weighted by Gasteiger charge is -2.24. The van der Waals surface area contributed by atoms with Crippen molar-refractivity contribution in [2.45, 2.75) is 13.5 Å². The van der Waals surface area contributed by atoms with Crippen molar-refractivity contribution in [2.75, 3.05) is 12.0 Å². The molecule has 1 amide bonds. The number of nitrogens with zero attached hydrogens (tertiary/aromatic N) is 2. The average molecular weight is 476 g/mol. The Labute approximate surface area is 190 Å². The van der Waals surface area contributed by atoms with Crippen LogP contribution in [0.4, 0.5) is 14.5 Å². The zero-order valence-electron chi connectivity index (χ0n) is 16.9. The van der Waals surface area contributed by atoms with Gasteiger partial charge in [0, 0.05) is 17.1 Å². The van der Waals surface area contributed by atoms with Gasteiger partial charge in [0.15, 0.2) is 11.6 Å². The lowest BCUT2D eigenvalue weighted by atomic mass is 10.1. The zero-order chi connectivity index (χ0) is 23.0. The maximum absolute atomic E-state index is 14.3. The number of aromatic amines is 1. The molecule has 164 valence electrons. The Morgan fingerprint density at radius 1 is 1.25 bits per heavy atom. The van der Waals surface area contributed by atoms with Gasteiger partial charge in [-0.15, -0.1) is 11.3 Å². The molecule has 2 aromatic heterocycles. The number of hydrogen-bond acceptors (Lipinski definition) is 5. The van der Waals surface area contributed by atoms with E-state index >= 15 is 0 Å². The van der Waals surface area contributed by atoms with Gasteiger partial charge in [-0.1, -0.05) is 11.6 Å². The van der Waals surface area contributed by atoms with Crippen molar-refractivity contribution in [3.8, 4) is 5.75 Å². The van der Waals surface area contributed by atoms with Gasteiger partial charge in [-0.25, -0.2) is 13.8 Å². The topological polar surface area (TPSA) is 75.3 Å². The van der Waals surface area contributed by atoms with E-state index in [2.05, 4.69) is 9.97 Å². The van der Waals surface area contributed by atoms with Crippen LogP contribution < -0.4 is 15.2 Å². The fraction of sp³-hybridized carbons (Fsp3) is 0.136. The Hall–Kier alpha value is -3.30. The number of ether oxygens (including phenoxy) is 1. The molecule has 10 heteroatoms. The van der Waals surface area contributed by atoms with Crippen LogP contribution in [-0.2, 0) is 6.54 Å². The molecule has 0 aliphatic rings. The zero-order valence-corrected chi connectivity index (χ0v) is 18.5. The SMILES string of the molecule is COc1ccc(N(Cc2cc(=O)[nH]c3c(F)c(F)ccc23)C(=O)c2scnc2C)cc1Cl. The number of rotatable bonds is 5. The number of amides is 1. The Kier molecular flexibility index (Phi) is 5.94. The molecule has 0 atom stereocenters. The molecule has 0 unspecified atom stereocenters. The van der Waals surface area contributed by atoms with E-state index in [0.717, 1.165) is 6.07 Å². The van der Waals surface area contributed by atoms with Gasteiger partial charge in [0.05, 0.1) is 35.4 Å². The van der Waals surface area contributed by atoms with Crippen LogP contribution in [0.3, 0.4) is 0 Å². The van der Waals surface area contributed by atoms with Crippen LogP contribution in [0, 0.1) is 18.6 Å². The minimum Gasteiger partial charge on any atom is -0.495 e. The quantitative estimate of drug-likeness (QED) is 0.437. The molecule has 2 aromatic carbocycles. The molecule has 4 rings (SSSR count). The highest BCUT2D eigenvalue weighted by Gasteiger charge is 2.24. The van der Waals surface area contributed by atoms with E-state index in [-0.39, 0.29) is 28.4 Å². The molecule has 0 fully saturated rings. The monoisotopic (exact) mass is 475 g/mol. The molecule has 0 aliphatic carbocycles. The number of carbonyl (C=O) groups excluding carboxylic acids is 1. The molecular formula is C22H16ClF2N3O3S. The number of aryl methyl sites for hydroxylation is 1. The van der Waals surface area contributed by atoms with Crippen molar-refractivity contribution in [1.29, 1.82) is 0 Å². The van der Waals surface area contributed by atoms with E-state index < -0.39 is 17.2 Å². The highest BCUT2D eigenvalue weighted by atomic mass is 35.5. The van der Waals surface area contributed by atoms with Crippen molar-refractivity contribution >= 4 is 45.4 Å². The summed E-state index contributed by atoms with van der Waals surface area (Å²) in [6, 6.07) is 8.41. The van der Waals surface area contributed by atoms with Gasteiger partial charge in [-0.05, 0) is 42.8 Å². The van der Waals surface area contributed by atoms with Crippen molar-refractivity contribution in [3.63, 3.8) is 0 Å². The predicted octanol–water partition coefficient (Wildman–Crippen LogP) is 5.08. The van der Waals surface area contributed by atoms with Gasteiger partial charge in [-0.3, -0.25) is 9.59 Å². The molecule has 0 bridgehead atoms. The minimum absolute atomic E-state index is 0.0929. The summed E-state index contributed by atoms with van der Waals surface area (Å²) < 4.78 is 33.2. The maximum atomic E-state index is 14.3. The number of halogens is 3. The summed E-state index contributed by atoms with van der Waals surface area (Å²) in [5.74, 6) is -2.19. The number of carbonyl (C=O) groups is 1. The molecule has 2 heterocycles. The number of benzene rings is 2. The Balaban J connectivity index is 1.87. The van der Waals surface area contributed by atoms with E-state index in [9.17, 15) is 18.4 Å². The largest absolute Gasteiger partial charge is 0.495 e. The highest BCUT2D eigenvalue weighted by molar-refractivity contribution is 7.12. The number of thiazole rings is 1. The van der Waals surface area contributed by atoms with E-state index in [0.29, 0.717) is 27.6 Å². The third-order valence-corrected chi connectivity index (χ3v) is 6.17. The predicted molar refractivity (Wildman–Crippen MR) is 120 cm³/mol. The fourth-order valence-electron chi connectivity index (χ4n) is 3.37. The van der Waals surface area contributed by atoms with Crippen LogP contribution in [0.5, 0.6) is 5.75 Å². The van der Waals surface area contributed by atoms with Crippen molar-refractivity contribution in [1.82, 2.24) is 9.97 Å². The maximum Gasteiger partial charge on any atom is 0.270 e. The van der Waals surface area contributed by atoms with E-state index in [4.69, 9.17) is 16.3 Å². The van der Waals surface area contributed by atoms with Gasteiger partial charge < -0.3 is 14.6 Å². The minimum atomic E-state index is -1.16. The van der Waals surface area contributed by atoms with Crippen LogP contribution in [0.1, 0.15) is 20.9 Å². The van der Waals surface area contributed by atoms with Gasteiger partial charge in [0.25, 0.3) is 5.91 Å². The van der Waals surface area contributed by atoms with E-state index in [1.54, 1.807) is 30.6 Å². The molecule has 0 saturated carbocycles. The number of hydrogen-bond donors (Lipinski definition) is 1. The number of nitrogens with one attached hydrogen (secondary N) is 1. The summed E-state index contributed by atoms with van der Waals surface area (Å²) in [7, 11) is 1.47. The standard InChI is InChI=1S/C22H16ClF2N3O3S/c1-11-21(32-10-26-11)22(30)28(13-3-6-17(31-2)15(23)8-13)9-12-7-18(29)27-20-14(12)4-5-16(24)19(20)25/h3-8,10H,9H2,1-2H3,(H,27,29). The van der Waals surface area contributed by atoms with Gasteiger partial charge in [0.1, 0.15) is 10.6 Å². The Morgan fingerprint density at radius 2 is 2.03 bits per heavy atom. The van der Waals surface area contributed by atoms with Crippen molar-refractivity contribution in [3.05, 3.63) is 85.1 Å². The van der Waals surface area contributed by atoms with Crippen molar-refractivity contribution < 1.29 is 18.3 Å². The summed E-state index contributed by atoms with van der Waals surface area (Å²) in [4.78, 5) is 33.9. The van der Waals surface area contributed by atoms with E-state index in [1.165, 1.54) is 35.5 Å². The number of H-pyrrole nitrogens is 1. The number of methoxy groups -OCH3 is 1. The second-order valence-electron chi connectivity index (χ2n) is 6.92. The lowest BCUT2D eigenvalue weighted by molar-refractivity contribution is 0.0988. The fourth-order valence-corrected chi connectivity index (χ4v) is 4.37. The van der Waals surface area contributed by atoms with Gasteiger partial charge in [-0.2, -0.15) is 0 Å². The summed E-state index contributed by atoms with van der Waals surface area (Å²) >= 11 is 7.45. The van der Waals surface area contributed by atoms with Crippen LogP contribution in [0.2, 0.25) is 5.02 Å². The highest BCUT2D eigenvalue weighted by Crippen LogP contribution is 2.32. The Bertz CT molecular complexity index is 1400. The molecule has 4 aromatic rings. The molecule has 0 aliphatic heterocycles. The average Bonchev–Trinajstić information content (AvgIpc) is 3.20. The van der Waals surface area contributed by atoms with Crippen LogP contribution in [0.25, 0.3) is 10.9 Å². The first kappa shape index (κ1) is 21.9. The smallest absolute Gasteiger partial charge is 0.270 e. The molecule has 0 saturated heterocycles. The molecule has 32 heavy (non-hydrogen) atoms. The van der Waals surface area contributed by atoms with Crippen LogP contribution in [0.15, 0.2) is 46.7 Å². The molecule has 0 spiro atoms. The van der Waals surface area contributed by atoms with Crippen LogP contribution >= 0.6 is 22.9 Å². The van der Waals surface area contributed by atoms with Gasteiger partial charge in [0.2, 0.25) is 5.56 Å². The van der Waals surface area contributed by atoms with Crippen molar-refractivity contribution in [2.24, 2.45) is 0 Å². The summed E-state index contributed by atoms with van der Waals surface area (Å²) in [5.41, 5.74) is 2.00. The molecular weight excluding hydrogens is 460 g/mol. The number of anilines is 1. The van der Waals surface area contributed by atoms with E-state index in [1.807, 2.05) is 0 Å². The normalized spacial score (nSPS) is 11.0. The Morgan fingerprint density at radius 3 is 2.69 bits per heavy atom. The first-order valence-corrected chi connectivity index (χ1v) is 10.6. The molecule has 1 N–H and O–H groups in total. The first-order chi connectivity index (χ1) is 15.3. The summed E-state index contributed by atoms with van der Waals surface area (Å²) in [6.07, 6.45) is 0. The summed E-state index contributed by atoms with van der Waals surface area (Å²) in [6.45, 7) is 1.62. The second-order valence-corrected chi connectivity index (χ2v) is 8.18. The number of aromatic nitrogens is 2. The first-order valence-electron chi connectivity index (χ1n) is 9.35. The van der Waals surface area contributed by atoms with Crippen LogP contribution in [-0.4, -0.2) is 23.0 Å². The lowest BCUT2D eigenvalue weighted by Crippen LogP contribution is -2.31. The number of fused-ring (bicyclic) bond motifs is 1. The number of pyridine rings is 1. The summed E-state index contributed by atoms with van der Waals surface area (Å²) in [5, 5.41) is 0.564. The third kappa shape index (κ3) is 3.96. The third-order valence-electron chi connectivity index (χ3n) is 4.95. The molecule has 0 radical (unpaired) electrons. The van der Waals surface area contributed by atoms with Gasteiger partial charge >= 0.3 is 0 Å². The second kappa shape index (κ2) is 8.68. The molecule has 6 nitrogen and oxygen atoms in total.